The minimum Gasteiger partial charge on any atom is -0.335 e. The second kappa shape index (κ2) is 4.87. The van der Waals surface area contributed by atoms with E-state index in [9.17, 15) is 4.39 Å². The molecule has 1 aromatic carbocycles. The largest absolute Gasteiger partial charge is 0.335 e. The molecule has 1 aliphatic heterocycles. The first-order valence-corrected chi connectivity index (χ1v) is 7.46. The number of nitrogens with one attached hydrogen (secondary N) is 1. The van der Waals surface area contributed by atoms with Crippen molar-refractivity contribution in [2.45, 2.75) is 25.8 Å². The molecule has 4 rings (SSSR count). The third kappa shape index (κ3) is 2.54. The first-order valence-electron chi connectivity index (χ1n) is 6.26. The van der Waals surface area contributed by atoms with Crippen LogP contribution >= 0.6 is 28.1 Å². The number of imidazole rings is 1. The maximum Gasteiger partial charge on any atom is 0.177 e. The molecule has 0 spiro atoms. The fourth-order valence-corrected chi connectivity index (χ4v) is 3.30. The first kappa shape index (κ1) is 13.1. The number of hydrogen-bond donors (Lipinski definition) is 1. The Bertz CT molecular complexity index is 638. The van der Waals surface area contributed by atoms with Gasteiger partial charge >= 0.3 is 0 Å². The lowest BCUT2D eigenvalue weighted by atomic mass is 10.2. The molecule has 1 fully saturated rings. The molecular weight excluding hydrogens is 327 g/mol. The number of benzene rings is 1. The molecule has 0 saturated heterocycles. The molecule has 1 N–H and O–H groups in total. The van der Waals surface area contributed by atoms with Crippen LogP contribution in [0.5, 0.6) is 0 Å². The fraction of sp³-hybridized carbons (Fsp3) is 0.357. The van der Waals surface area contributed by atoms with E-state index in [1.165, 1.54) is 36.5 Å². The highest BCUT2D eigenvalue weighted by Crippen LogP contribution is 2.54. The Morgan fingerprint density at radius 2 is 2.05 bits per heavy atom. The highest BCUT2D eigenvalue weighted by molar-refractivity contribution is 9.10. The summed E-state index contributed by atoms with van der Waals surface area (Å²) in [7, 11) is 0. The van der Waals surface area contributed by atoms with Gasteiger partial charge in [0.25, 0.3) is 0 Å². The van der Waals surface area contributed by atoms with E-state index >= 15 is 0 Å². The summed E-state index contributed by atoms with van der Waals surface area (Å²) in [5, 5.41) is 0. The molecule has 2 nitrogen and oxygen atoms in total. The summed E-state index contributed by atoms with van der Waals surface area (Å²) in [6.45, 7) is 3.30. The summed E-state index contributed by atoms with van der Waals surface area (Å²) >= 11 is 8.36. The van der Waals surface area contributed by atoms with E-state index in [1.807, 2.05) is 0 Å². The molecule has 0 amide bonds. The molecule has 0 radical (unpaired) electrons. The molecule has 1 aromatic heterocycles. The number of hydrogen-bond acceptors (Lipinski definition) is 1. The van der Waals surface area contributed by atoms with Crippen LogP contribution in [0.4, 0.5) is 4.39 Å². The van der Waals surface area contributed by atoms with Gasteiger partial charge in [0.2, 0.25) is 0 Å². The predicted octanol–water partition coefficient (Wildman–Crippen LogP) is 4.56. The fourth-order valence-electron chi connectivity index (χ4n) is 2.71. The van der Waals surface area contributed by atoms with Gasteiger partial charge in [0, 0.05) is 28.3 Å². The molecule has 2 aromatic rings. The van der Waals surface area contributed by atoms with Gasteiger partial charge in [-0.1, -0.05) is 15.9 Å². The smallest absolute Gasteiger partial charge is 0.177 e. The van der Waals surface area contributed by atoms with Crippen LogP contribution in [0.3, 0.4) is 0 Å². The molecular formula is C14H14BrFN2S. The van der Waals surface area contributed by atoms with Crippen molar-refractivity contribution in [3.05, 3.63) is 50.7 Å². The predicted molar refractivity (Wildman–Crippen MR) is 79.3 cm³/mol. The lowest BCUT2D eigenvalue weighted by Gasteiger charge is -1.98. The maximum atomic E-state index is 12.1. The van der Waals surface area contributed by atoms with Crippen molar-refractivity contribution in [1.82, 2.24) is 9.55 Å². The van der Waals surface area contributed by atoms with E-state index in [2.05, 4.69) is 32.4 Å². The summed E-state index contributed by atoms with van der Waals surface area (Å²) in [6, 6.07) is 6.14. The van der Waals surface area contributed by atoms with E-state index in [-0.39, 0.29) is 5.82 Å². The molecule has 2 unspecified atom stereocenters. The molecule has 5 heteroatoms. The summed E-state index contributed by atoms with van der Waals surface area (Å²) in [4.78, 5) is 3.21. The molecule has 19 heavy (non-hydrogen) atoms. The molecule has 1 aliphatic carbocycles. The second-order valence-corrected chi connectivity index (χ2v) is 6.39. The van der Waals surface area contributed by atoms with Crippen molar-refractivity contribution in [2.75, 3.05) is 0 Å². The van der Waals surface area contributed by atoms with Crippen molar-refractivity contribution in [2.24, 2.45) is 5.92 Å². The van der Waals surface area contributed by atoms with Gasteiger partial charge in [0.05, 0.1) is 0 Å². The lowest BCUT2D eigenvalue weighted by molar-refractivity contribution is 0.627. The minimum atomic E-state index is -0.201. The number of aryl methyl sites for hydroxylation is 1. The Kier molecular flexibility index (Phi) is 3.35. The zero-order chi connectivity index (χ0) is 13.6. The summed E-state index contributed by atoms with van der Waals surface area (Å²) in [5.41, 5.74) is 2.78. The normalized spacial score (nSPS) is 22.3. The number of rotatable bonds is 0. The van der Waals surface area contributed by atoms with Gasteiger partial charge in [-0.15, -0.1) is 0 Å². The number of aromatic nitrogens is 2. The number of fused-ring (bicyclic) bond motifs is 3. The van der Waals surface area contributed by atoms with E-state index in [4.69, 9.17) is 12.2 Å². The van der Waals surface area contributed by atoms with Crippen LogP contribution in [-0.2, 0) is 6.54 Å². The van der Waals surface area contributed by atoms with Gasteiger partial charge < -0.3 is 9.55 Å². The third-order valence-corrected chi connectivity index (χ3v) is 4.56. The van der Waals surface area contributed by atoms with E-state index in [1.54, 1.807) is 12.1 Å². The van der Waals surface area contributed by atoms with Crippen LogP contribution in [0.2, 0.25) is 0 Å². The Hall–Kier alpha value is -0.940. The molecule has 2 heterocycles. The van der Waals surface area contributed by atoms with Crippen molar-refractivity contribution < 1.29 is 4.39 Å². The second-order valence-electron chi connectivity index (χ2n) is 5.09. The molecule has 1 saturated carbocycles. The average molecular weight is 341 g/mol. The van der Waals surface area contributed by atoms with Crippen molar-refractivity contribution in [1.29, 1.82) is 0 Å². The Balaban J connectivity index is 0.000000123. The van der Waals surface area contributed by atoms with E-state index in [0.717, 1.165) is 21.1 Å². The van der Waals surface area contributed by atoms with Crippen molar-refractivity contribution in [3.8, 4) is 0 Å². The minimum absolute atomic E-state index is 0.201. The van der Waals surface area contributed by atoms with Gasteiger partial charge in [0.1, 0.15) is 5.82 Å². The van der Waals surface area contributed by atoms with Crippen LogP contribution in [-0.4, -0.2) is 9.55 Å². The zero-order valence-corrected chi connectivity index (χ0v) is 12.9. The Labute approximate surface area is 124 Å². The maximum absolute atomic E-state index is 12.1. The van der Waals surface area contributed by atoms with Crippen molar-refractivity contribution in [3.63, 3.8) is 0 Å². The summed E-state index contributed by atoms with van der Waals surface area (Å²) in [5.74, 6) is 1.58. The Morgan fingerprint density at radius 1 is 1.37 bits per heavy atom. The van der Waals surface area contributed by atoms with Gasteiger partial charge in [-0.25, -0.2) is 4.39 Å². The number of nitrogens with zero attached hydrogens (tertiary/aromatic N) is 1. The monoisotopic (exact) mass is 340 g/mol. The molecule has 100 valence electrons. The summed E-state index contributed by atoms with van der Waals surface area (Å²) in [6.07, 6.45) is 1.40. The van der Waals surface area contributed by atoms with Crippen molar-refractivity contribution >= 4 is 28.1 Å². The quantitative estimate of drug-likeness (QED) is 0.697. The average Bonchev–Trinajstić information content (AvgIpc) is 2.94. The van der Waals surface area contributed by atoms with Gasteiger partial charge in [0.15, 0.2) is 4.77 Å². The highest BCUT2D eigenvalue weighted by atomic mass is 79.9. The number of H-pyrrole nitrogens is 1. The van der Waals surface area contributed by atoms with Gasteiger partial charge in [-0.05, 0) is 55.7 Å². The van der Waals surface area contributed by atoms with Gasteiger partial charge in [-0.2, -0.15) is 0 Å². The topological polar surface area (TPSA) is 20.7 Å². The molecule has 2 atom stereocenters. The standard InChI is InChI=1S/C8H10N2S.C6H4BrF/c1-4-7-6-2-5(6)3-10(7)8(11)9-4;7-5-1-3-6(8)4-2-5/h5-6H,2-3H2,1H3,(H,9,11);1-4H. The first-order chi connectivity index (χ1) is 9.06. The van der Waals surface area contributed by atoms with Crippen LogP contribution in [0.25, 0.3) is 0 Å². The SMILES string of the molecule is Cc1[nH]c(=S)n2c1C1CC1C2.Fc1ccc(Br)cc1. The lowest BCUT2D eigenvalue weighted by Crippen LogP contribution is -1.96. The van der Waals surface area contributed by atoms with Crippen LogP contribution < -0.4 is 0 Å². The number of halogens is 2. The number of aromatic amines is 1. The summed E-state index contributed by atoms with van der Waals surface area (Å²) < 4.78 is 16.2. The molecule has 2 aliphatic rings. The van der Waals surface area contributed by atoms with E-state index in [0.29, 0.717) is 0 Å². The van der Waals surface area contributed by atoms with Crippen LogP contribution in [0.1, 0.15) is 23.7 Å². The Morgan fingerprint density at radius 3 is 2.63 bits per heavy atom. The zero-order valence-electron chi connectivity index (χ0n) is 10.5. The van der Waals surface area contributed by atoms with Crippen LogP contribution in [0, 0.1) is 23.4 Å². The highest BCUT2D eigenvalue weighted by Gasteiger charge is 2.47. The molecule has 0 bridgehead atoms. The van der Waals surface area contributed by atoms with Crippen LogP contribution in [0.15, 0.2) is 28.7 Å². The van der Waals surface area contributed by atoms with Gasteiger partial charge in [-0.3, -0.25) is 0 Å². The third-order valence-electron chi connectivity index (χ3n) is 3.71. The van der Waals surface area contributed by atoms with E-state index < -0.39 is 0 Å².